The molecule has 1 aromatic rings. The molecule has 4 heteroatoms. The molecule has 2 aliphatic rings. The number of benzene rings is 1. The third-order valence-electron chi connectivity index (χ3n) is 4.85. The Bertz CT molecular complexity index is 519. The Labute approximate surface area is 133 Å². The molecule has 1 spiro atoms. The molecule has 1 fully saturated rings. The SMILES string of the molecule is COc1cccc(CNC2=NCCNC23CCCCCC3)c1. The van der Waals surface area contributed by atoms with Gasteiger partial charge in [-0.1, -0.05) is 37.8 Å². The molecule has 0 unspecified atom stereocenters. The zero-order chi connectivity index (χ0) is 15.3. The minimum atomic E-state index is 0.0909. The summed E-state index contributed by atoms with van der Waals surface area (Å²) in [6.07, 6.45) is 7.72. The molecule has 3 rings (SSSR count). The lowest BCUT2D eigenvalue weighted by Gasteiger charge is -2.38. The number of ether oxygens (including phenoxy) is 1. The zero-order valence-corrected chi connectivity index (χ0v) is 13.5. The van der Waals surface area contributed by atoms with Gasteiger partial charge >= 0.3 is 0 Å². The molecule has 22 heavy (non-hydrogen) atoms. The van der Waals surface area contributed by atoms with E-state index in [1.807, 2.05) is 12.1 Å². The van der Waals surface area contributed by atoms with Crippen LogP contribution in [0.5, 0.6) is 5.75 Å². The van der Waals surface area contributed by atoms with Crippen molar-refractivity contribution in [2.45, 2.75) is 50.6 Å². The first kappa shape index (κ1) is 15.3. The van der Waals surface area contributed by atoms with Crippen LogP contribution in [0.3, 0.4) is 0 Å². The van der Waals surface area contributed by atoms with Gasteiger partial charge in [-0.25, -0.2) is 0 Å². The van der Waals surface area contributed by atoms with Crippen LogP contribution in [0.2, 0.25) is 0 Å². The Kier molecular flexibility index (Phi) is 4.98. The molecule has 1 aliphatic carbocycles. The summed E-state index contributed by atoms with van der Waals surface area (Å²) >= 11 is 0. The van der Waals surface area contributed by atoms with E-state index in [9.17, 15) is 0 Å². The lowest BCUT2D eigenvalue weighted by Crippen LogP contribution is -2.59. The average Bonchev–Trinajstić information content (AvgIpc) is 2.80. The fourth-order valence-corrected chi connectivity index (χ4v) is 3.64. The summed E-state index contributed by atoms with van der Waals surface area (Å²) in [6.45, 7) is 2.69. The van der Waals surface area contributed by atoms with Gasteiger partial charge in [0.25, 0.3) is 0 Å². The number of hydrogen-bond acceptors (Lipinski definition) is 4. The van der Waals surface area contributed by atoms with Gasteiger partial charge in [0.2, 0.25) is 0 Å². The van der Waals surface area contributed by atoms with Crippen molar-refractivity contribution in [2.75, 3.05) is 20.2 Å². The number of methoxy groups -OCH3 is 1. The molecule has 2 N–H and O–H groups in total. The Morgan fingerprint density at radius 1 is 1.23 bits per heavy atom. The second-order valence-corrected chi connectivity index (χ2v) is 6.36. The van der Waals surface area contributed by atoms with E-state index >= 15 is 0 Å². The van der Waals surface area contributed by atoms with Crippen LogP contribution in [0.4, 0.5) is 0 Å². The van der Waals surface area contributed by atoms with Gasteiger partial charge in [-0.05, 0) is 30.5 Å². The highest BCUT2D eigenvalue weighted by Gasteiger charge is 2.37. The molecule has 1 aliphatic heterocycles. The maximum absolute atomic E-state index is 5.30. The van der Waals surface area contributed by atoms with E-state index in [4.69, 9.17) is 9.73 Å². The van der Waals surface area contributed by atoms with Crippen molar-refractivity contribution in [1.82, 2.24) is 10.6 Å². The third-order valence-corrected chi connectivity index (χ3v) is 4.85. The van der Waals surface area contributed by atoms with E-state index in [1.54, 1.807) is 7.11 Å². The largest absolute Gasteiger partial charge is 0.497 e. The fourth-order valence-electron chi connectivity index (χ4n) is 3.64. The van der Waals surface area contributed by atoms with Crippen LogP contribution in [-0.2, 0) is 6.54 Å². The van der Waals surface area contributed by atoms with Gasteiger partial charge < -0.3 is 15.4 Å². The first-order chi connectivity index (χ1) is 10.8. The molecule has 1 saturated carbocycles. The van der Waals surface area contributed by atoms with E-state index in [2.05, 4.69) is 22.8 Å². The third kappa shape index (κ3) is 3.43. The van der Waals surface area contributed by atoms with Crippen molar-refractivity contribution in [2.24, 2.45) is 4.99 Å². The molecule has 0 radical (unpaired) electrons. The van der Waals surface area contributed by atoms with E-state index in [1.165, 1.54) is 49.9 Å². The predicted molar refractivity (Wildman–Crippen MR) is 90.6 cm³/mol. The lowest BCUT2D eigenvalue weighted by atomic mass is 9.87. The zero-order valence-electron chi connectivity index (χ0n) is 13.5. The topological polar surface area (TPSA) is 45.6 Å². The molecule has 0 amide bonds. The molecule has 4 nitrogen and oxygen atoms in total. The van der Waals surface area contributed by atoms with Crippen LogP contribution in [0.25, 0.3) is 0 Å². The van der Waals surface area contributed by atoms with Crippen molar-refractivity contribution in [3.8, 4) is 5.75 Å². The highest BCUT2D eigenvalue weighted by atomic mass is 16.5. The highest BCUT2D eigenvalue weighted by molar-refractivity contribution is 5.92. The molecular formula is C18H27N3O. The van der Waals surface area contributed by atoms with Crippen molar-refractivity contribution >= 4 is 5.84 Å². The van der Waals surface area contributed by atoms with Crippen molar-refractivity contribution < 1.29 is 4.74 Å². The molecule has 0 bridgehead atoms. The van der Waals surface area contributed by atoms with Crippen LogP contribution in [-0.4, -0.2) is 31.6 Å². The smallest absolute Gasteiger partial charge is 0.119 e. The maximum atomic E-state index is 5.30. The second-order valence-electron chi connectivity index (χ2n) is 6.36. The molecule has 1 aromatic carbocycles. The highest BCUT2D eigenvalue weighted by Crippen LogP contribution is 2.29. The van der Waals surface area contributed by atoms with Gasteiger partial charge in [0.1, 0.15) is 11.6 Å². The summed E-state index contributed by atoms with van der Waals surface area (Å²) in [5, 5.41) is 7.37. The summed E-state index contributed by atoms with van der Waals surface area (Å²) in [5.74, 6) is 2.08. The van der Waals surface area contributed by atoms with E-state index in [-0.39, 0.29) is 5.54 Å². The van der Waals surface area contributed by atoms with Crippen LogP contribution in [0, 0.1) is 0 Å². The minimum Gasteiger partial charge on any atom is -0.497 e. The van der Waals surface area contributed by atoms with Crippen LogP contribution in [0.1, 0.15) is 44.1 Å². The molecule has 120 valence electrons. The number of amidine groups is 1. The summed E-state index contributed by atoms with van der Waals surface area (Å²) < 4.78 is 5.30. The van der Waals surface area contributed by atoms with Gasteiger partial charge in [-0.3, -0.25) is 4.99 Å². The average molecular weight is 301 g/mol. The molecular weight excluding hydrogens is 274 g/mol. The summed E-state index contributed by atoms with van der Waals surface area (Å²) in [5.41, 5.74) is 1.32. The van der Waals surface area contributed by atoms with Crippen LogP contribution in [0.15, 0.2) is 29.3 Å². The quantitative estimate of drug-likeness (QED) is 0.902. The Morgan fingerprint density at radius 2 is 2.05 bits per heavy atom. The van der Waals surface area contributed by atoms with Crippen LogP contribution < -0.4 is 15.4 Å². The molecule has 0 saturated heterocycles. The van der Waals surface area contributed by atoms with Crippen molar-refractivity contribution in [1.29, 1.82) is 0 Å². The standard InChI is InChI=1S/C18H27N3O/c1-22-16-8-6-7-15(13-16)14-20-17-18(21-12-11-19-17)9-4-2-3-5-10-18/h6-8,13,21H,2-5,9-12,14H2,1H3,(H,19,20). The normalized spacial score (nSPS) is 21.0. The Morgan fingerprint density at radius 3 is 2.82 bits per heavy atom. The maximum Gasteiger partial charge on any atom is 0.119 e. The molecule has 1 heterocycles. The van der Waals surface area contributed by atoms with Gasteiger partial charge in [0, 0.05) is 13.1 Å². The Balaban J connectivity index is 1.70. The first-order valence-electron chi connectivity index (χ1n) is 8.49. The van der Waals surface area contributed by atoms with E-state index in [0.717, 1.165) is 25.4 Å². The van der Waals surface area contributed by atoms with Gasteiger partial charge in [0.15, 0.2) is 0 Å². The number of nitrogens with one attached hydrogen (secondary N) is 2. The summed E-state index contributed by atoms with van der Waals surface area (Å²) in [7, 11) is 1.71. The van der Waals surface area contributed by atoms with Gasteiger partial charge in [0.05, 0.1) is 19.2 Å². The molecule has 0 atom stereocenters. The number of aliphatic imine (C=N–C) groups is 1. The van der Waals surface area contributed by atoms with E-state index < -0.39 is 0 Å². The van der Waals surface area contributed by atoms with Crippen molar-refractivity contribution in [3.63, 3.8) is 0 Å². The summed E-state index contributed by atoms with van der Waals surface area (Å²) in [4.78, 5) is 4.82. The number of rotatable bonds is 3. The monoisotopic (exact) mass is 301 g/mol. The van der Waals surface area contributed by atoms with Gasteiger partial charge in [-0.15, -0.1) is 0 Å². The van der Waals surface area contributed by atoms with E-state index in [0.29, 0.717) is 0 Å². The second kappa shape index (κ2) is 7.14. The lowest BCUT2D eigenvalue weighted by molar-refractivity contribution is 0.363. The molecule has 0 aromatic heterocycles. The fraction of sp³-hybridized carbons (Fsp3) is 0.611. The number of nitrogens with zero attached hydrogens (tertiary/aromatic N) is 1. The summed E-state index contributed by atoms with van der Waals surface area (Å²) in [6, 6.07) is 8.24. The predicted octanol–water partition coefficient (Wildman–Crippen LogP) is 2.88. The first-order valence-corrected chi connectivity index (χ1v) is 8.49. The minimum absolute atomic E-state index is 0.0909. The Hall–Kier alpha value is -1.55. The number of hydrogen-bond donors (Lipinski definition) is 2. The van der Waals surface area contributed by atoms with Crippen molar-refractivity contribution in [3.05, 3.63) is 29.8 Å². The van der Waals surface area contributed by atoms with Gasteiger partial charge in [-0.2, -0.15) is 0 Å². The van der Waals surface area contributed by atoms with Crippen LogP contribution >= 0.6 is 0 Å².